The minimum Gasteiger partial charge on any atom is -0.352 e. The summed E-state index contributed by atoms with van der Waals surface area (Å²) in [5.41, 5.74) is 1.12. The lowest BCUT2D eigenvalue weighted by Gasteiger charge is -2.32. The number of fused-ring (bicyclic) bond motifs is 2. The molecule has 6 heteroatoms. The van der Waals surface area contributed by atoms with Crippen LogP contribution in [0.5, 0.6) is 0 Å². The Hall–Kier alpha value is -2.34. The van der Waals surface area contributed by atoms with E-state index in [-0.39, 0.29) is 28.3 Å². The molecule has 1 aliphatic heterocycles. The van der Waals surface area contributed by atoms with Gasteiger partial charge in [0.2, 0.25) is 15.7 Å². The zero-order chi connectivity index (χ0) is 17.4. The van der Waals surface area contributed by atoms with E-state index in [1.165, 1.54) is 0 Å². The summed E-state index contributed by atoms with van der Waals surface area (Å²) in [5, 5.41) is 3.08. The van der Waals surface area contributed by atoms with Gasteiger partial charge in [-0.15, -0.1) is 0 Å². The average Bonchev–Trinajstić information content (AvgIpc) is 3.12. The third kappa shape index (κ3) is 2.80. The van der Waals surface area contributed by atoms with Crippen LogP contribution in [0.3, 0.4) is 0 Å². The van der Waals surface area contributed by atoms with Crippen molar-refractivity contribution in [2.24, 2.45) is 0 Å². The molecule has 1 fully saturated rings. The van der Waals surface area contributed by atoms with E-state index in [1.807, 2.05) is 0 Å². The standard InChI is InChI=1S/C19H20N2O3S/c22-19(20-14-7-1-2-8-14)13-21-15-9-3-5-11-17(15)25(23,24)18-12-6-4-10-16(18)21/h3-6,9-12,14H,1-2,7-8,13H2,(H,20,22). The molecule has 0 spiro atoms. The molecule has 0 radical (unpaired) electrons. The summed E-state index contributed by atoms with van der Waals surface area (Å²) in [5.74, 6) is -0.0733. The number of para-hydroxylation sites is 2. The van der Waals surface area contributed by atoms with E-state index in [9.17, 15) is 13.2 Å². The number of nitrogens with zero attached hydrogens (tertiary/aromatic N) is 1. The van der Waals surface area contributed by atoms with Crippen molar-refractivity contribution in [2.75, 3.05) is 11.4 Å². The molecule has 1 N–H and O–H groups in total. The first-order chi connectivity index (χ1) is 12.1. The summed E-state index contributed by atoms with van der Waals surface area (Å²) >= 11 is 0. The average molecular weight is 356 g/mol. The van der Waals surface area contributed by atoms with Crippen molar-refractivity contribution < 1.29 is 13.2 Å². The number of nitrogens with one attached hydrogen (secondary N) is 1. The van der Waals surface area contributed by atoms with E-state index in [2.05, 4.69) is 5.32 Å². The first kappa shape index (κ1) is 16.1. The number of hydrogen-bond donors (Lipinski definition) is 1. The number of sulfone groups is 1. The van der Waals surface area contributed by atoms with Gasteiger partial charge in [-0.3, -0.25) is 4.79 Å². The van der Waals surface area contributed by atoms with Crippen LogP contribution in [0.1, 0.15) is 25.7 Å². The Labute approximate surface area is 147 Å². The minimum absolute atomic E-state index is 0.0733. The van der Waals surface area contributed by atoms with Crippen molar-refractivity contribution in [2.45, 2.75) is 41.5 Å². The topological polar surface area (TPSA) is 66.5 Å². The third-order valence-corrected chi connectivity index (χ3v) is 6.76. The van der Waals surface area contributed by atoms with Gasteiger partial charge in [-0.05, 0) is 37.1 Å². The van der Waals surface area contributed by atoms with Gasteiger partial charge in [0, 0.05) is 6.04 Å². The van der Waals surface area contributed by atoms with Crippen LogP contribution in [0.15, 0.2) is 58.3 Å². The maximum atomic E-state index is 12.9. The van der Waals surface area contributed by atoms with Crippen LogP contribution >= 0.6 is 0 Å². The van der Waals surface area contributed by atoms with Gasteiger partial charge in [-0.1, -0.05) is 37.1 Å². The third-order valence-electron chi connectivity index (χ3n) is 4.91. The zero-order valence-electron chi connectivity index (χ0n) is 13.8. The summed E-state index contributed by atoms with van der Waals surface area (Å²) < 4.78 is 25.8. The van der Waals surface area contributed by atoms with E-state index in [1.54, 1.807) is 53.4 Å². The second-order valence-electron chi connectivity index (χ2n) is 6.57. The Balaban J connectivity index is 1.71. The molecule has 4 rings (SSSR count). The molecule has 5 nitrogen and oxygen atoms in total. The van der Waals surface area contributed by atoms with Crippen molar-refractivity contribution >= 4 is 27.1 Å². The molecule has 1 heterocycles. The molecule has 1 saturated carbocycles. The molecule has 0 aromatic heterocycles. The Bertz CT molecular complexity index is 864. The van der Waals surface area contributed by atoms with Crippen LogP contribution in [0.4, 0.5) is 11.4 Å². The molecule has 25 heavy (non-hydrogen) atoms. The van der Waals surface area contributed by atoms with E-state index in [0.717, 1.165) is 25.7 Å². The zero-order valence-corrected chi connectivity index (χ0v) is 14.6. The molecule has 2 aromatic carbocycles. The van der Waals surface area contributed by atoms with Gasteiger partial charge in [0.25, 0.3) is 0 Å². The van der Waals surface area contributed by atoms with Crippen LogP contribution in [0.25, 0.3) is 0 Å². The van der Waals surface area contributed by atoms with Crippen LogP contribution in [0, 0.1) is 0 Å². The molecule has 1 amide bonds. The van der Waals surface area contributed by atoms with Gasteiger partial charge in [0.1, 0.15) is 6.54 Å². The fourth-order valence-corrected chi connectivity index (χ4v) is 5.38. The monoisotopic (exact) mass is 356 g/mol. The molecule has 2 aliphatic rings. The second kappa shape index (κ2) is 6.19. The smallest absolute Gasteiger partial charge is 0.240 e. The number of carbonyl (C=O) groups is 1. The van der Waals surface area contributed by atoms with Crippen molar-refractivity contribution in [3.8, 4) is 0 Å². The Morgan fingerprint density at radius 2 is 1.48 bits per heavy atom. The van der Waals surface area contributed by atoms with Gasteiger partial charge in [0.05, 0.1) is 21.2 Å². The van der Waals surface area contributed by atoms with Gasteiger partial charge < -0.3 is 10.2 Å². The fourth-order valence-electron chi connectivity index (χ4n) is 3.72. The van der Waals surface area contributed by atoms with Crippen LogP contribution < -0.4 is 10.2 Å². The van der Waals surface area contributed by atoms with Crippen LogP contribution in [0.2, 0.25) is 0 Å². The summed E-state index contributed by atoms with van der Waals surface area (Å²) in [6.07, 6.45) is 4.34. The molecular formula is C19H20N2O3S. The highest BCUT2D eigenvalue weighted by atomic mass is 32.2. The van der Waals surface area contributed by atoms with E-state index in [0.29, 0.717) is 11.4 Å². The van der Waals surface area contributed by atoms with Crippen molar-refractivity contribution in [1.29, 1.82) is 0 Å². The highest BCUT2D eigenvalue weighted by molar-refractivity contribution is 7.92. The van der Waals surface area contributed by atoms with E-state index >= 15 is 0 Å². The first-order valence-electron chi connectivity index (χ1n) is 8.57. The maximum absolute atomic E-state index is 12.9. The predicted molar refractivity (Wildman–Crippen MR) is 95.7 cm³/mol. The lowest BCUT2D eigenvalue weighted by Crippen LogP contribution is -2.41. The normalized spacial score (nSPS) is 18.5. The number of benzene rings is 2. The van der Waals surface area contributed by atoms with Crippen molar-refractivity contribution in [3.63, 3.8) is 0 Å². The van der Waals surface area contributed by atoms with Crippen molar-refractivity contribution in [1.82, 2.24) is 5.32 Å². The molecule has 0 atom stereocenters. The summed E-state index contributed by atoms with van der Waals surface area (Å²) in [4.78, 5) is 14.9. The molecule has 2 aromatic rings. The summed E-state index contributed by atoms with van der Waals surface area (Å²) in [6.45, 7) is 0.111. The van der Waals surface area contributed by atoms with Gasteiger partial charge in [-0.25, -0.2) is 8.42 Å². The quantitative estimate of drug-likeness (QED) is 0.918. The van der Waals surface area contributed by atoms with Gasteiger partial charge in [0.15, 0.2) is 0 Å². The van der Waals surface area contributed by atoms with Crippen LogP contribution in [-0.2, 0) is 14.6 Å². The lowest BCUT2D eigenvalue weighted by molar-refractivity contribution is -0.120. The van der Waals surface area contributed by atoms with Gasteiger partial charge in [-0.2, -0.15) is 0 Å². The predicted octanol–water partition coefficient (Wildman–Crippen LogP) is 3.03. The number of carbonyl (C=O) groups excluding carboxylic acids is 1. The van der Waals surface area contributed by atoms with Gasteiger partial charge >= 0.3 is 0 Å². The molecule has 0 saturated heterocycles. The SMILES string of the molecule is O=C(CN1c2ccccc2S(=O)(=O)c2ccccc21)NC1CCCC1. The molecule has 0 unspecified atom stereocenters. The highest BCUT2D eigenvalue weighted by Crippen LogP contribution is 2.43. The Morgan fingerprint density at radius 3 is 2.04 bits per heavy atom. The van der Waals surface area contributed by atoms with Crippen LogP contribution in [-0.4, -0.2) is 26.9 Å². The Kier molecular flexibility index (Phi) is 4.00. The highest BCUT2D eigenvalue weighted by Gasteiger charge is 2.34. The molecule has 0 bridgehead atoms. The largest absolute Gasteiger partial charge is 0.352 e. The second-order valence-corrected chi connectivity index (χ2v) is 8.46. The maximum Gasteiger partial charge on any atom is 0.240 e. The van der Waals surface area contributed by atoms with Crippen molar-refractivity contribution in [3.05, 3.63) is 48.5 Å². The first-order valence-corrected chi connectivity index (χ1v) is 10.1. The summed E-state index contributed by atoms with van der Waals surface area (Å²) in [6, 6.07) is 14.0. The summed E-state index contributed by atoms with van der Waals surface area (Å²) in [7, 11) is -3.57. The van der Waals surface area contributed by atoms with E-state index < -0.39 is 9.84 Å². The fraction of sp³-hybridized carbons (Fsp3) is 0.316. The molecule has 130 valence electrons. The number of hydrogen-bond acceptors (Lipinski definition) is 4. The number of anilines is 2. The number of amides is 1. The van der Waals surface area contributed by atoms with E-state index in [4.69, 9.17) is 0 Å². The minimum atomic E-state index is -3.57. The number of rotatable bonds is 3. The Morgan fingerprint density at radius 1 is 0.960 bits per heavy atom. The molecule has 1 aliphatic carbocycles. The lowest BCUT2D eigenvalue weighted by atomic mass is 10.2. The molecular weight excluding hydrogens is 336 g/mol.